The highest BCUT2D eigenvalue weighted by molar-refractivity contribution is 6.32. The number of aromatic nitrogens is 4. The molecule has 3 aromatic heterocycles. The number of pyridine rings is 1. The van der Waals surface area contributed by atoms with Gasteiger partial charge in [-0.15, -0.1) is 0 Å². The average molecular weight is 427 g/mol. The van der Waals surface area contributed by atoms with Crippen LogP contribution in [0.5, 0.6) is 0 Å². The Morgan fingerprint density at radius 2 is 1.74 bits per heavy atom. The van der Waals surface area contributed by atoms with Crippen molar-refractivity contribution in [3.05, 3.63) is 83.9 Å². The van der Waals surface area contributed by atoms with Crippen LogP contribution in [-0.2, 0) is 0 Å². The van der Waals surface area contributed by atoms with Crippen LogP contribution in [0.4, 0.5) is 0 Å². The highest BCUT2D eigenvalue weighted by Gasteiger charge is 2.33. The number of nitrogens with zero attached hydrogens (tertiary/aromatic N) is 4. The summed E-state index contributed by atoms with van der Waals surface area (Å²) >= 11 is 6.46. The zero-order chi connectivity index (χ0) is 20.9. The summed E-state index contributed by atoms with van der Waals surface area (Å²) in [6.45, 7) is 0. The van der Waals surface area contributed by atoms with E-state index in [4.69, 9.17) is 21.6 Å². The van der Waals surface area contributed by atoms with Crippen molar-refractivity contribution in [3.8, 4) is 22.6 Å². The van der Waals surface area contributed by atoms with Gasteiger partial charge in [0.05, 0.1) is 23.0 Å². The summed E-state index contributed by atoms with van der Waals surface area (Å²) in [5.41, 5.74) is 5.64. The third-order valence-corrected chi connectivity index (χ3v) is 6.33. The predicted octanol–water partition coefficient (Wildman–Crippen LogP) is 5.50. The Labute approximate surface area is 184 Å². The van der Waals surface area contributed by atoms with Crippen LogP contribution < -0.4 is 0 Å². The lowest BCUT2D eigenvalue weighted by atomic mass is 9.80. The Hall–Kier alpha value is -3.28. The average Bonchev–Trinajstić information content (AvgIpc) is 3.17. The molecule has 0 bridgehead atoms. The molecule has 1 fully saturated rings. The smallest absolute Gasteiger partial charge is 0.154 e. The van der Waals surface area contributed by atoms with Crippen LogP contribution in [0.15, 0.2) is 73.1 Å². The highest BCUT2D eigenvalue weighted by atomic mass is 35.5. The summed E-state index contributed by atoms with van der Waals surface area (Å²) in [5, 5.41) is 11.3. The third-order valence-electron chi connectivity index (χ3n) is 6.06. The lowest BCUT2D eigenvalue weighted by Crippen LogP contribution is -2.26. The van der Waals surface area contributed by atoms with Gasteiger partial charge < -0.3 is 5.11 Å². The van der Waals surface area contributed by atoms with E-state index < -0.39 is 0 Å². The summed E-state index contributed by atoms with van der Waals surface area (Å²) in [6.07, 6.45) is 4.72. The molecule has 0 amide bonds. The van der Waals surface area contributed by atoms with Gasteiger partial charge in [-0.2, -0.15) is 0 Å². The zero-order valence-electron chi connectivity index (χ0n) is 16.6. The number of rotatable bonds is 3. The first-order valence-corrected chi connectivity index (χ1v) is 10.7. The molecule has 3 heterocycles. The second-order valence-corrected chi connectivity index (χ2v) is 8.41. The van der Waals surface area contributed by atoms with Crippen molar-refractivity contribution in [2.45, 2.75) is 24.9 Å². The van der Waals surface area contributed by atoms with E-state index in [0.29, 0.717) is 18.0 Å². The van der Waals surface area contributed by atoms with Crippen LogP contribution in [0.3, 0.4) is 0 Å². The fourth-order valence-electron chi connectivity index (χ4n) is 4.35. The molecule has 5 aromatic rings. The minimum absolute atomic E-state index is 0.198. The van der Waals surface area contributed by atoms with E-state index in [0.717, 1.165) is 44.8 Å². The maximum atomic E-state index is 9.79. The van der Waals surface area contributed by atoms with E-state index in [9.17, 15) is 5.11 Å². The molecule has 2 aromatic carbocycles. The number of aliphatic hydroxyl groups is 1. The molecule has 0 atom stereocenters. The summed E-state index contributed by atoms with van der Waals surface area (Å²) in [5.74, 6) is 1.01. The molecule has 0 spiro atoms. The van der Waals surface area contributed by atoms with Gasteiger partial charge >= 0.3 is 0 Å². The lowest BCUT2D eigenvalue weighted by Gasteiger charge is -2.30. The first-order chi connectivity index (χ1) is 15.2. The van der Waals surface area contributed by atoms with Crippen LogP contribution in [-0.4, -0.2) is 30.6 Å². The number of benzene rings is 2. The van der Waals surface area contributed by atoms with E-state index in [-0.39, 0.29) is 12.0 Å². The lowest BCUT2D eigenvalue weighted by molar-refractivity contribution is 0.0738. The zero-order valence-corrected chi connectivity index (χ0v) is 17.4. The third kappa shape index (κ3) is 3.09. The summed E-state index contributed by atoms with van der Waals surface area (Å²) in [7, 11) is 0. The standard InChI is InChI=1S/C25H19ClN4O/c26-24-23-22(18-12-19(31)13-18)29-25(30(23)11-10-27-24)17-7-6-16-8-9-20(28-21(16)14-17)15-4-2-1-3-5-15/h1-11,14,18-19,31H,12-13H2. The van der Waals surface area contributed by atoms with Gasteiger partial charge in [-0.05, 0) is 25.0 Å². The Kier molecular flexibility index (Phi) is 4.26. The van der Waals surface area contributed by atoms with Crippen molar-refractivity contribution in [1.29, 1.82) is 0 Å². The molecule has 0 radical (unpaired) electrons. The van der Waals surface area contributed by atoms with Crippen molar-refractivity contribution >= 4 is 28.0 Å². The quantitative estimate of drug-likeness (QED) is 0.413. The van der Waals surface area contributed by atoms with Gasteiger partial charge in [-0.1, -0.05) is 60.1 Å². The molecule has 1 N–H and O–H groups in total. The fourth-order valence-corrected chi connectivity index (χ4v) is 4.60. The van der Waals surface area contributed by atoms with Crippen molar-refractivity contribution in [2.24, 2.45) is 0 Å². The molecule has 1 saturated carbocycles. The van der Waals surface area contributed by atoms with Gasteiger partial charge in [-0.3, -0.25) is 4.40 Å². The molecular formula is C25H19ClN4O. The molecule has 5 nitrogen and oxygen atoms in total. The number of hydrogen-bond acceptors (Lipinski definition) is 4. The van der Waals surface area contributed by atoms with Crippen LogP contribution in [0, 0.1) is 0 Å². The largest absolute Gasteiger partial charge is 0.393 e. The van der Waals surface area contributed by atoms with Crippen molar-refractivity contribution in [1.82, 2.24) is 19.4 Å². The first kappa shape index (κ1) is 18.5. The number of imidazole rings is 1. The molecule has 1 aliphatic rings. The Bertz CT molecular complexity index is 1420. The molecule has 0 aliphatic heterocycles. The Morgan fingerprint density at radius 1 is 0.935 bits per heavy atom. The van der Waals surface area contributed by atoms with Gasteiger partial charge in [0.1, 0.15) is 11.3 Å². The van der Waals surface area contributed by atoms with E-state index in [1.165, 1.54) is 0 Å². The summed E-state index contributed by atoms with van der Waals surface area (Å²) < 4.78 is 2.00. The predicted molar refractivity (Wildman–Crippen MR) is 122 cm³/mol. The molecule has 6 rings (SSSR count). The molecule has 0 saturated heterocycles. The molecule has 6 heteroatoms. The fraction of sp³-hybridized carbons (Fsp3) is 0.160. The second-order valence-electron chi connectivity index (χ2n) is 8.05. The number of halogens is 1. The van der Waals surface area contributed by atoms with E-state index in [1.54, 1.807) is 6.20 Å². The second kappa shape index (κ2) is 7.15. The molecule has 1 aliphatic carbocycles. The highest BCUT2D eigenvalue weighted by Crippen LogP contribution is 2.41. The first-order valence-electron chi connectivity index (χ1n) is 10.3. The topological polar surface area (TPSA) is 63.3 Å². The normalized spacial score (nSPS) is 18.4. The van der Waals surface area contributed by atoms with Gasteiger partial charge in [0.25, 0.3) is 0 Å². The number of fused-ring (bicyclic) bond motifs is 2. The number of aliphatic hydroxyl groups excluding tert-OH is 1. The monoisotopic (exact) mass is 426 g/mol. The molecule has 31 heavy (non-hydrogen) atoms. The van der Waals surface area contributed by atoms with Gasteiger partial charge in [0.15, 0.2) is 5.15 Å². The van der Waals surface area contributed by atoms with E-state index >= 15 is 0 Å². The SMILES string of the molecule is OC1CC(c2nc(-c3ccc4ccc(-c5ccccc5)nc4c3)n3ccnc(Cl)c23)C1. The van der Waals surface area contributed by atoms with Crippen LogP contribution in [0.25, 0.3) is 39.1 Å². The molecule has 0 unspecified atom stereocenters. The van der Waals surface area contributed by atoms with E-state index in [1.807, 2.05) is 34.9 Å². The summed E-state index contributed by atoms with van der Waals surface area (Å²) in [4.78, 5) is 14.1. The van der Waals surface area contributed by atoms with Gasteiger partial charge in [-0.25, -0.2) is 15.0 Å². The minimum atomic E-state index is -0.262. The molecular weight excluding hydrogens is 408 g/mol. The van der Waals surface area contributed by atoms with Crippen molar-refractivity contribution in [3.63, 3.8) is 0 Å². The van der Waals surface area contributed by atoms with Crippen LogP contribution in [0.1, 0.15) is 24.5 Å². The minimum Gasteiger partial charge on any atom is -0.393 e. The Balaban J connectivity index is 1.51. The van der Waals surface area contributed by atoms with E-state index in [2.05, 4.69) is 41.4 Å². The molecule has 152 valence electrons. The van der Waals surface area contributed by atoms with Crippen molar-refractivity contribution in [2.75, 3.05) is 0 Å². The number of hydrogen-bond donors (Lipinski definition) is 1. The maximum Gasteiger partial charge on any atom is 0.154 e. The summed E-state index contributed by atoms with van der Waals surface area (Å²) in [6, 6.07) is 20.5. The van der Waals surface area contributed by atoms with Gasteiger partial charge in [0.2, 0.25) is 0 Å². The van der Waals surface area contributed by atoms with Crippen LogP contribution in [0.2, 0.25) is 5.15 Å². The van der Waals surface area contributed by atoms with Gasteiger partial charge in [0, 0.05) is 34.8 Å². The Morgan fingerprint density at radius 3 is 2.55 bits per heavy atom. The maximum absolute atomic E-state index is 9.79. The van der Waals surface area contributed by atoms with Crippen molar-refractivity contribution < 1.29 is 5.11 Å². The van der Waals surface area contributed by atoms with Crippen LogP contribution >= 0.6 is 11.6 Å².